The molecule has 2 N–H and O–H groups in total. The normalized spacial score (nSPS) is 12.2. The molecule has 2 aromatic heterocycles. The number of ketones is 1. The standard InChI is InChI=1S/C15H18N2O2S/c1-8-5-13(11(4)20-8)9(2)17-15(19)14-6-12(7-16-14)10(3)18/h5-7,9,16H,1-4H3,(H,17,19)/t9-/m0/s1. The van der Waals surface area contributed by atoms with Gasteiger partial charge in [0.1, 0.15) is 5.69 Å². The summed E-state index contributed by atoms with van der Waals surface area (Å²) in [6.45, 7) is 7.55. The Bertz CT molecular complexity index is 655. The molecule has 0 spiro atoms. The van der Waals surface area contributed by atoms with Crippen molar-refractivity contribution in [1.29, 1.82) is 0 Å². The molecule has 5 heteroatoms. The number of aromatic amines is 1. The average Bonchev–Trinajstić information content (AvgIpc) is 2.95. The summed E-state index contributed by atoms with van der Waals surface area (Å²) in [7, 11) is 0. The van der Waals surface area contributed by atoms with E-state index in [2.05, 4.69) is 30.2 Å². The lowest BCUT2D eigenvalue weighted by Gasteiger charge is -2.13. The minimum atomic E-state index is -0.201. The second-order valence-electron chi connectivity index (χ2n) is 4.92. The van der Waals surface area contributed by atoms with Crippen LogP contribution >= 0.6 is 11.3 Å². The van der Waals surface area contributed by atoms with E-state index in [0.29, 0.717) is 11.3 Å². The summed E-state index contributed by atoms with van der Waals surface area (Å²) in [6.07, 6.45) is 1.56. The van der Waals surface area contributed by atoms with E-state index in [4.69, 9.17) is 0 Å². The molecule has 2 heterocycles. The molecule has 0 aliphatic heterocycles. The highest BCUT2D eigenvalue weighted by Gasteiger charge is 2.16. The largest absolute Gasteiger partial charge is 0.356 e. The summed E-state index contributed by atoms with van der Waals surface area (Å²) >= 11 is 1.72. The Hall–Kier alpha value is -1.88. The maximum Gasteiger partial charge on any atom is 0.268 e. The number of amides is 1. The van der Waals surface area contributed by atoms with Gasteiger partial charge in [0.15, 0.2) is 5.78 Å². The van der Waals surface area contributed by atoms with Crippen LogP contribution < -0.4 is 5.32 Å². The van der Waals surface area contributed by atoms with Crippen LogP contribution in [0.1, 0.15) is 56.1 Å². The fraction of sp³-hybridized carbons (Fsp3) is 0.333. The monoisotopic (exact) mass is 290 g/mol. The van der Waals surface area contributed by atoms with Gasteiger partial charge >= 0.3 is 0 Å². The van der Waals surface area contributed by atoms with Crippen molar-refractivity contribution >= 4 is 23.0 Å². The zero-order chi connectivity index (χ0) is 14.9. The number of nitrogens with one attached hydrogen (secondary N) is 2. The van der Waals surface area contributed by atoms with Crippen molar-refractivity contribution in [2.24, 2.45) is 0 Å². The number of carbonyl (C=O) groups is 2. The summed E-state index contributed by atoms with van der Waals surface area (Å²) in [4.78, 5) is 28.6. The van der Waals surface area contributed by atoms with E-state index in [1.165, 1.54) is 16.7 Å². The van der Waals surface area contributed by atoms with E-state index in [-0.39, 0.29) is 17.7 Å². The van der Waals surface area contributed by atoms with Crippen LogP contribution in [0.25, 0.3) is 0 Å². The summed E-state index contributed by atoms with van der Waals surface area (Å²) in [5.41, 5.74) is 2.07. The van der Waals surface area contributed by atoms with Crippen LogP contribution in [0, 0.1) is 13.8 Å². The van der Waals surface area contributed by atoms with Crippen molar-refractivity contribution in [2.45, 2.75) is 33.7 Å². The minimum absolute atomic E-state index is 0.0577. The Morgan fingerprint density at radius 1 is 1.30 bits per heavy atom. The van der Waals surface area contributed by atoms with Crippen LogP contribution in [0.5, 0.6) is 0 Å². The predicted molar refractivity (Wildman–Crippen MR) is 80.5 cm³/mol. The fourth-order valence-electron chi connectivity index (χ4n) is 2.16. The molecule has 1 amide bonds. The molecule has 2 aromatic rings. The maximum atomic E-state index is 12.1. The third-order valence-corrected chi connectivity index (χ3v) is 4.21. The lowest BCUT2D eigenvalue weighted by Crippen LogP contribution is -2.27. The third kappa shape index (κ3) is 2.99. The Morgan fingerprint density at radius 2 is 2.00 bits per heavy atom. The molecule has 0 aliphatic carbocycles. The van der Waals surface area contributed by atoms with Crippen molar-refractivity contribution < 1.29 is 9.59 Å². The lowest BCUT2D eigenvalue weighted by molar-refractivity contribution is 0.0935. The Balaban J connectivity index is 2.10. The molecule has 0 saturated carbocycles. The number of hydrogen-bond donors (Lipinski definition) is 2. The molecule has 0 aliphatic rings. The Morgan fingerprint density at radius 3 is 2.50 bits per heavy atom. The van der Waals surface area contributed by atoms with Crippen molar-refractivity contribution in [3.63, 3.8) is 0 Å². The summed E-state index contributed by atoms with van der Waals surface area (Å²) in [5, 5.41) is 2.94. The van der Waals surface area contributed by atoms with Crippen molar-refractivity contribution in [1.82, 2.24) is 10.3 Å². The van der Waals surface area contributed by atoms with Gasteiger partial charge in [0, 0.05) is 21.5 Å². The van der Waals surface area contributed by atoms with Gasteiger partial charge < -0.3 is 10.3 Å². The Kier molecular flexibility index (Phi) is 4.09. The molecule has 0 radical (unpaired) electrons. The first-order valence-electron chi connectivity index (χ1n) is 6.45. The molecule has 0 unspecified atom stereocenters. The molecule has 0 fully saturated rings. The minimum Gasteiger partial charge on any atom is -0.356 e. The molecule has 0 aromatic carbocycles. The van der Waals surface area contributed by atoms with E-state index in [1.54, 1.807) is 23.6 Å². The summed E-state index contributed by atoms with van der Waals surface area (Å²) in [6, 6.07) is 3.62. The van der Waals surface area contributed by atoms with Crippen LogP contribution in [-0.4, -0.2) is 16.7 Å². The average molecular weight is 290 g/mol. The number of rotatable bonds is 4. The van der Waals surface area contributed by atoms with Gasteiger partial charge in [0.2, 0.25) is 0 Å². The molecule has 0 saturated heterocycles. The van der Waals surface area contributed by atoms with Crippen molar-refractivity contribution in [3.8, 4) is 0 Å². The number of thiophene rings is 1. The molecule has 0 bridgehead atoms. The van der Waals surface area contributed by atoms with E-state index in [1.807, 2.05) is 6.92 Å². The van der Waals surface area contributed by atoms with E-state index < -0.39 is 0 Å². The van der Waals surface area contributed by atoms with E-state index in [9.17, 15) is 9.59 Å². The highest BCUT2D eigenvalue weighted by Crippen LogP contribution is 2.26. The van der Waals surface area contributed by atoms with Gasteiger partial charge in [-0.05, 0) is 45.4 Å². The zero-order valence-corrected chi connectivity index (χ0v) is 12.9. The third-order valence-electron chi connectivity index (χ3n) is 3.23. The van der Waals surface area contributed by atoms with E-state index >= 15 is 0 Å². The first kappa shape index (κ1) is 14.5. The lowest BCUT2D eigenvalue weighted by atomic mass is 10.1. The van der Waals surface area contributed by atoms with Gasteiger partial charge in [-0.2, -0.15) is 0 Å². The zero-order valence-electron chi connectivity index (χ0n) is 12.0. The fourth-order valence-corrected chi connectivity index (χ4v) is 3.18. The van der Waals surface area contributed by atoms with Crippen LogP contribution in [0.2, 0.25) is 0 Å². The number of aryl methyl sites for hydroxylation is 2. The van der Waals surface area contributed by atoms with Crippen LogP contribution in [0.3, 0.4) is 0 Å². The maximum absolute atomic E-state index is 12.1. The predicted octanol–water partition coefficient (Wildman–Crippen LogP) is 3.39. The quantitative estimate of drug-likeness (QED) is 0.848. The summed E-state index contributed by atoms with van der Waals surface area (Å²) < 4.78 is 0. The Labute approximate surface area is 122 Å². The first-order valence-corrected chi connectivity index (χ1v) is 7.27. The highest BCUT2D eigenvalue weighted by molar-refractivity contribution is 7.12. The molecule has 20 heavy (non-hydrogen) atoms. The molecule has 106 valence electrons. The molecule has 4 nitrogen and oxygen atoms in total. The smallest absolute Gasteiger partial charge is 0.268 e. The number of hydrogen-bond acceptors (Lipinski definition) is 3. The number of H-pyrrole nitrogens is 1. The van der Waals surface area contributed by atoms with Gasteiger partial charge in [0.25, 0.3) is 5.91 Å². The highest BCUT2D eigenvalue weighted by atomic mass is 32.1. The first-order chi connectivity index (χ1) is 9.38. The molecular weight excluding hydrogens is 272 g/mol. The van der Waals surface area contributed by atoms with Crippen LogP contribution in [-0.2, 0) is 0 Å². The topological polar surface area (TPSA) is 62.0 Å². The van der Waals surface area contributed by atoms with Gasteiger partial charge in [-0.3, -0.25) is 9.59 Å². The van der Waals surface area contributed by atoms with Gasteiger partial charge in [0.05, 0.1) is 6.04 Å². The van der Waals surface area contributed by atoms with Crippen LogP contribution in [0.15, 0.2) is 18.3 Å². The van der Waals surface area contributed by atoms with Gasteiger partial charge in [-0.15, -0.1) is 11.3 Å². The van der Waals surface area contributed by atoms with Crippen molar-refractivity contribution in [2.75, 3.05) is 0 Å². The van der Waals surface area contributed by atoms with Crippen molar-refractivity contribution in [3.05, 3.63) is 44.9 Å². The number of aromatic nitrogens is 1. The second-order valence-corrected chi connectivity index (χ2v) is 6.38. The molecule has 1 atom stereocenters. The second kappa shape index (κ2) is 5.63. The van der Waals surface area contributed by atoms with E-state index in [0.717, 1.165) is 5.56 Å². The SMILES string of the molecule is CC(=O)c1c[nH]c(C(=O)N[C@@H](C)c2cc(C)sc2C)c1. The number of Topliss-reactive ketones (excluding diaryl/α,β-unsaturated/α-hetero) is 1. The van der Waals surface area contributed by atoms with Crippen LogP contribution in [0.4, 0.5) is 0 Å². The van der Waals surface area contributed by atoms with Gasteiger partial charge in [-0.1, -0.05) is 0 Å². The number of carbonyl (C=O) groups excluding carboxylic acids is 2. The molecule has 2 rings (SSSR count). The summed E-state index contributed by atoms with van der Waals surface area (Å²) in [5.74, 6) is -0.258. The molecular formula is C15H18N2O2S. The van der Waals surface area contributed by atoms with Gasteiger partial charge in [-0.25, -0.2) is 0 Å².